The van der Waals surface area contributed by atoms with Gasteiger partial charge in [-0.2, -0.15) is 0 Å². The first-order valence-corrected chi connectivity index (χ1v) is 7.34. The standard InChI is InChI=1S/C20H15NO2/c1-15(11-12-16-7-3-2-4-8-16)17-9-5-6-10-18(17)20(22)19-13-21-14-23-19/h2-10,13-15H,1H3. The van der Waals surface area contributed by atoms with E-state index < -0.39 is 0 Å². The van der Waals surface area contributed by atoms with E-state index in [0.29, 0.717) is 5.56 Å². The lowest BCUT2D eigenvalue weighted by atomic mass is 9.93. The molecule has 0 fully saturated rings. The number of aromatic nitrogens is 1. The van der Waals surface area contributed by atoms with Gasteiger partial charge < -0.3 is 4.42 Å². The Bertz CT molecular complexity index is 855. The number of rotatable bonds is 3. The normalized spacial score (nSPS) is 11.3. The van der Waals surface area contributed by atoms with Crippen molar-refractivity contribution >= 4 is 5.78 Å². The molecule has 0 N–H and O–H groups in total. The summed E-state index contributed by atoms with van der Waals surface area (Å²) < 4.78 is 5.12. The number of oxazole rings is 1. The summed E-state index contributed by atoms with van der Waals surface area (Å²) in [7, 11) is 0. The maximum atomic E-state index is 12.5. The molecule has 0 saturated carbocycles. The summed E-state index contributed by atoms with van der Waals surface area (Å²) in [6.07, 6.45) is 2.69. The maximum absolute atomic E-state index is 12.5. The number of ketones is 1. The molecule has 1 aromatic heterocycles. The van der Waals surface area contributed by atoms with E-state index in [1.54, 1.807) is 6.07 Å². The highest BCUT2D eigenvalue weighted by Crippen LogP contribution is 2.22. The first-order valence-electron chi connectivity index (χ1n) is 7.34. The van der Waals surface area contributed by atoms with Crippen molar-refractivity contribution < 1.29 is 9.21 Å². The Hall–Kier alpha value is -3.12. The minimum atomic E-state index is -0.175. The van der Waals surface area contributed by atoms with Gasteiger partial charge >= 0.3 is 0 Å². The average Bonchev–Trinajstić information content (AvgIpc) is 3.14. The van der Waals surface area contributed by atoms with E-state index in [0.717, 1.165) is 11.1 Å². The summed E-state index contributed by atoms with van der Waals surface area (Å²) in [5.41, 5.74) is 2.44. The summed E-state index contributed by atoms with van der Waals surface area (Å²) in [6.45, 7) is 1.99. The fourth-order valence-electron chi connectivity index (χ4n) is 2.33. The lowest BCUT2D eigenvalue weighted by Gasteiger charge is -2.09. The van der Waals surface area contributed by atoms with E-state index in [9.17, 15) is 4.79 Å². The number of nitrogens with zero attached hydrogens (tertiary/aromatic N) is 1. The van der Waals surface area contributed by atoms with Gasteiger partial charge in [-0.3, -0.25) is 4.79 Å². The Morgan fingerprint density at radius 2 is 1.83 bits per heavy atom. The minimum Gasteiger partial charge on any atom is -0.440 e. The Labute approximate surface area is 135 Å². The summed E-state index contributed by atoms with van der Waals surface area (Å²) >= 11 is 0. The number of carbonyl (C=O) groups excluding carboxylic acids is 1. The highest BCUT2D eigenvalue weighted by atomic mass is 16.3. The number of carbonyl (C=O) groups is 1. The fourth-order valence-corrected chi connectivity index (χ4v) is 2.33. The third kappa shape index (κ3) is 3.38. The lowest BCUT2D eigenvalue weighted by Crippen LogP contribution is -2.06. The molecule has 0 amide bonds. The van der Waals surface area contributed by atoms with Gasteiger partial charge in [-0.05, 0) is 24.6 Å². The van der Waals surface area contributed by atoms with Crippen LogP contribution in [0, 0.1) is 11.8 Å². The van der Waals surface area contributed by atoms with Crippen LogP contribution in [0.1, 0.15) is 40.1 Å². The first-order chi connectivity index (χ1) is 11.3. The van der Waals surface area contributed by atoms with Crippen LogP contribution >= 0.6 is 0 Å². The maximum Gasteiger partial charge on any atom is 0.230 e. The molecule has 112 valence electrons. The molecule has 0 saturated heterocycles. The number of hydrogen-bond acceptors (Lipinski definition) is 3. The van der Waals surface area contributed by atoms with Gasteiger partial charge in [0.2, 0.25) is 5.78 Å². The Morgan fingerprint density at radius 1 is 1.09 bits per heavy atom. The summed E-state index contributed by atoms with van der Waals surface area (Å²) in [5.74, 6) is 6.35. The number of benzene rings is 2. The van der Waals surface area contributed by atoms with Crippen molar-refractivity contribution in [1.29, 1.82) is 0 Å². The van der Waals surface area contributed by atoms with Gasteiger partial charge in [0.15, 0.2) is 12.2 Å². The Balaban J connectivity index is 1.91. The van der Waals surface area contributed by atoms with Crippen LogP contribution in [0.3, 0.4) is 0 Å². The van der Waals surface area contributed by atoms with E-state index in [-0.39, 0.29) is 17.5 Å². The molecule has 1 heterocycles. The second-order valence-corrected chi connectivity index (χ2v) is 5.14. The molecule has 3 rings (SSSR count). The molecule has 23 heavy (non-hydrogen) atoms. The van der Waals surface area contributed by atoms with Crippen molar-refractivity contribution in [2.75, 3.05) is 0 Å². The van der Waals surface area contributed by atoms with E-state index in [1.165, 1.54) is 12.6 Å². The zero-order valence-electron chi connectivity index (χ0n) is 12.7. The van der Waals surface area contributed by atoms with Crippen molar-refractivity contribution in [1.82, 2.24) is 4.98 Å². The van der Waals surface area contributed by atoms with Crippen LogP contribution < -0.4 is 0 Å². The van der Waals surface area contributed by atoms with Gasteiger partial charge in [-0.1, -0.05) is 54.3 Å². The van der Waals surface area contributed by atoms with Crippen molar-refractivity contribution in [2.45, 2.75) is 12.8 Å². The average molecular weight is 301 g/mol. The molecule has 1 atom stereocenters. The molecule has 0 bridgehead atoms. The van der Waals surface area contributed by atoms with Crippen LogP contribution in [0.25, 0.3) is 0 Å². The third-order valence-corrected chi connectivity index (χ3v) is 3.53. The molecule has 3 nitrogen and oxygen atoms in total. The van der Waals surface area contributed by atoms with Crippen LogP contribution in [0.2, 0.25) is 0 Å². The highest BCUT2D eigenvalue weighted by molar-refractivity contribution is 6.08. The van der Waals surface area contributed by atoms with Crippen LogP contribution in [-0.4, -0.2) is 10.8 Å². The SMILES string of the molecule is CC(C#Cc1ccccc1)c1ccccc1C(=O)c1cnco1. The van der Waals surface area contributed by atoms with Crippen LogP contribution in [0.5, 0.6) is 0 Å². The van der Waals surface area contributed by atoms with Crippen molar-refractivity contribution in [2.24, 2.45) is 0 Å². The molecule has 3 heteroatoms. The smallest absolute Gasteiger partial charge is 0.230 e. The lowest BCUT2D eigenvalue weighted by molar-refractivity contribution is 0.101. The van der Waals surface area contributed by atoms with Crippen LogP contribution in [-0.2, 0) is 0 Å². The van der Waals surface area contributed by atoms with Crippen molar-refractivity contribution in [3.63, 3.8) is 0 Å². The highest BCUT2D eigenvalue weighted by Gasteiger charge is 2.18. The van der Waals surface area contributed by atoms with Crippen LogP contribution in [0.15, 0.2) is 71.6 Å². The number of hydrogen-bond donors (Lipinski definition) is 0. The second kappa shape index (κ2) is 6.76. The molecule has 0 aliphatic carbocycles. The Morgan fingerprint density at radius 3 is 2.57 bits per heavy atom. The zero-order chi connectivity index (χ0) is 16.1. The fraction of sp³-hybridized carbons (Fsp3) is 0.100. The Kier molecular flexibility index (Phi) is 4.35. The van der Waals surface area contributed by atoms with Gasteiger partial charge in [0.1, 0.15) is 0 Å². The molecular weight excluding hydrogens is 286 g/mol. The molecular formula is C20H15NO2. The van der Waals surface area contributed by atoms with Gasteiger partial charge in [0.05, 0.1) is 6.20 Å². The largest absolute Gasteiger partial charge is 0.440 e. The minimum absolute atomic E-state index is 0.0710. The summed E-state index contributed by atoms with van der Waals surface area (Å²) in [6, 6.07) is 17.3. The summed E-state index contributed by atoms with van der Waals surface area (Å²) in [4.78, 5) is 16.3. The van der Waals surface area contributed by atoms with Crippen molar-refractivity contribution in [3.05, 3.63) is 89.6 Å². The topological polar surface area (TPSA) is 43.1 Å². The summed E-state index contributed by atoms with van der Waals surface area (Å²) in [5, 5.41) is 0. The zero-order valence-corrected chi connectivity index (χ0v) is 12.7. The van der Waals surface area contributed by atoms with Gasteiger partial charge in [-0.25, -0.2) is 4.98 Å². The quantitative estimate of drug-likeness (QED) is 0.541. The monoisotopic (exact) mass is 301 g/mol. The van der Waals surface area contributed by atoms with E-state index in [1.807, 2.05) is 55.5 Å². The van der Waals surface area contributed by atoms with E-state index in [2.05, 4.69) is 16.8 Å². The molecule has 0 spiro atoms. The van der Waals surface area contributed by atoms with Crippen LogP contribution in [0.4, 0.5) is 0 Å². The predicted octanol–water partition coefficient (Wildman–Crippen LogP) is 4.06. The second-order valence-electron chi connectivity index (χ2n) is 5.14. The molecule has 3 aromatic rings. The van der Waals surface area contributed by atoms with Gasteiger partial charge in [-0.15, -0.1) is 0 Å². The van der Waals surface area contributed by atoms with E-state index in [4.69, 9.17) is 4.42 Å². The van der Waals surface area contributed by atoms with Gasteiger partial charge in [0.25, 0.3) is 0 Å². The van der Waals surface area contributed by atoms with Gasteiger partial charge in [0, 0.05) is 17.0 Å². The molecule has 0 aliphatic heterocycles. The molecule has 0 radical (unpaired) electrons. The van der Waals surface area contributed by atoms with E-state index >= 15 is 0 Å². The first kappa shape index (κ1) is 14.8. The molecule has 0 aliphatic rings. The molecule has 1 unspecified atom stereocenters. The third-order valence-electron chi connectivity index (χ3n) is 3.53. The predicted molar refractivity (Wildman–Crippen MR) is 88.1 cm³/mol. The van der Waals surface area contributed by atoms with Crippen molar-refractivity contribution in [3.8, 4) is 11.8 Å². The molecule has 2 aromatic carbocycles.